The van der Waals surface area contributed by atoms with Crippen LogP contribution in [0.2, 0.25) is 0 Å². The summed E-state index contributed by atoms with van der Waals surface area (Å²) in [5.41, 5.74) is 2.31. The molecule has 5 nitrogen and oxygen atoms in total. The minimum Gasteiger partial charge on any atom is -0.354 e. The van der Waals surface area contributed by atoms with E-state index in [1.165, 1.54) is 37.7 Å². The van der Waals surface area contributed by atoms with Crippen LogP contribution in [0.25, 0.3) is 0 Å². The van der Waals surface area contributed by atoms with Gasteiger partial charge in [0, 0.05) is 25.3 Å². The Morgan fingerprint density at radius 1 is 1.26 bits per heavy atom. The average molecular weight is 314 g/mol. The molecule has 0 bridgehead atoms. The van der Waals surface area contributed by atoms with E-state index in [9.17, 15) is 4.79 Å². The normalized spacial score (nSPS) is 18.7. The fourth-order valence-electron chi connectivity index (χ4n) is 3.49. The Kier molecular flexibility index (Phi) is 5.16. The molecule has 23 heavy (non-hydrogen) atoms. The molecule has 5 heteroatoms. The van der Waals surface area contributed by atoms with Gasteiger partial charge in [-0.15, -0.1) is 0 Å². The maximum atomic E-state index is 12.5. The second-order valence-corrected chi connectivity index (χ2v) is 6.33. The molecule has 1 aromatic carbocycles. The van der Waals surface area contributed by atoms with Crippen LogP contribution in [0.5, 0.6) is 0 Å². The summed E-state index contributed by atoms with van der Waals surface area (Å²) in [6.45, 7) is 1.05. The number of carbonyl (C=O) groups excluding carboxylic acids is 1. The van der Waals surface area contributed by atoms with Crippen LogP contribution in [-0.2, 0) is 11.2 Å². The van der Waals surface area contributed by atoms with Gasteiger partial charge in [0.1, 0.15) is 0 Å². The molecule has 1 amide bonds. The van der Waals surface area contributed by atoms with Gasteiger partial charge in [0.2, 0.25) is 5.91 Å². The number of fused-ring (bicyclic) bond motifs is 1. The molecule has 124 valence electrons. The van der Waals surface area contributed by atoms with Gasteiger partial charge in [0.25, 0.3) is 0 Å². The first-order valence-corrected chi connectivity index (χ1v) is 8.63. The number of carbonyl (C=O) groups is 1. The summed E-state index contributed by atoms with van der Waals surface area (Å²) >= 11 is 0. The third kappa shape index (κ3) is 3.84. The van der Waals surface area contributed by atoms with Gasteiger partial charge in [-0.1, -0.05) is 37.5 Å². The Hall–Kier alpha value is -2.04. The Bertz CT molecular complexity index is 578. The number of anilines is 1. The lowest BCUT2D eigenvalue weighted by Gasteiger charge is -2.25. The number of nitrogens with zero attached hydrogens (tertiary/aromatic N) is 2. The Morgan fingerprint density at radius 3 is 2.83 bits per heavy atom. The molecule has 1 aromatic rings. The zero-order valence-corrected chi connectivity index (χ0v) is 13.8. The topological polar surface area (TPSA) is 56.7 Å². The van der Waals surface area contributed by atoms with Crippen LogP contribution >= 0.6 is 0 Å². The van der Waals surface area contributed by atoms with Crippen molar-refractivity contribution in [1.82, 2.24) is 10.6 Å². The molecule has 1 aliphatic heterocycles. The number of hydrogen-bond acceptors (Lipinski definition) is 2. The second kappa shape index (κ2) is 7.49. The number of guanidine groups is 1. The smallest absolute Gasteiger partial charge is 0.246 e. The molecular weight excluding hydrogens is 288 g/mol. The molecule has 0 atom stereocenters. The molecule has 0 aromatic heterocycles. The van der Waals surface area contributed by atoms with Crippen molar-refractivity contribution in [2.75, 3.05) is 25.0 Å². The van der Waals surface area contributed by atoms with Gasteiger partial charge in [0.15, 0.2) is 5.96 Å². The number of amides is 1. The minimum atomic E-state index is 0.0987. The molecule has 0 saturated heterocycles. The summed E-state index contributed by atoms with van der Waals surface area (Å²) in [5.74, 6) is 0.833. The molecule has 2 N–H and O–H groups in total. The highest BCUT2D eigenvalue weighted by Gasteiger charge is 2.24. The van der Waals surface area contributed by atoms with Crippen molar-refractivity contribution in [2.24, 2.45) is 4.99 Å². The van der Waals surface area contributed by atoms with Gasteiger partial charge in [0.05, 0.1) is 6.54 Å². The summed E-state index contributed by atoms with van der Waals surface area (Å²) in [7, 11) is 1.76. The summed E-state index contributed by atoms with van der Waals surface area (Å²) in [4.78, 5) is 18.6. The van der Waals surface area contributed by atoms with Gasteiger partial charge in [-0.25, -0.2) is 0 Å². The van der Waals surface area contributed by atoms with Crippen LogP contribution in [0.1, 0.15) is 37.7 Å². The molecule has 0 spiro atoms. The SMILES string of the molecule is CN=C(NCC(=O)N1CCc2ccccc21)NC1CCCCC1. The lowest BCUT2D eigenvalue weighted by molar-refractivity contribution is -0.117. The van der Waals surface area contributed by atoms with E-state index in [4.69, 9.17) is 0 Å². The Morgan fingerprint density at radius 2 is 2.04 bits per heavy atom. The summed E-state index contributed by atoms with van der Waals surface area (Å²) in [6, 6.07) is 8.62. The second-order valence-electron chi connectivity index (χ2n) is 6.33. The molecule has 2 aliphatic rings. The minimum absolute atomic E-state index is 0.0987. The molecule has 0 radical (unpaired) electrons. The van der Waals surface area contributed by atoms with Crippen molar-refractivity contribution in [2.45, 2.75) is 44.6 Å². The predicted octanol–water partition coefficient (Wildman–Crippen LogP) is 2.07. The van der Waals surface area contributed by atoms with E-state index in [1.807, 2.05) is 23.1 Å². The first-order chi connectivity index (χ1) is 11.3. The van der Waals surface area contributed by atoms with Crippen molar-refractivity contribution in [3.63, 3.8) is 0 Å². The fourth-order valence-corrected chi connectivity index (χ4v) is 3.49. The zero-order chi connectivity index (χ0) is 16.1. The largest absolute Gasteiger partial charge is 0.354 e. The van der Waals surface area contributed by atoms with Crippen molar-refractivity contribution in [3.05, 3.63) is 29.8 Å². The number of para-hydroxylation sites is 1. The number of rotatable bonds is 3. The van der Waals surface area contributed by atoms with Crippen molar-refractivity contribution in [3.8, 4) is 0 Å². The number of hydrogen-bond donors (Lipinski definition) is 2. The van der Waals surface area contributed by atoms with Crippen LogP contribution in [0.4, 0.5) is 5.69 Å². The first-order valence-electron chi connectivity index (χ1n) is 8.63. The van der Waals surface area contributed by atoms with Crippen LogP contribution in [0, 0.1) is 0 Å². The van der Waals surface area contributed by atoms with Crippen LogP contribution in [-0.4, -0.2) is 38.0 Å². The number of benzene rings is 1. The number of aliphatic imine (C=N–C) groups is 1. The Labute approximate surface area is 138 Å². The molecule has 3 rings (SSSR count). The maximum Gasteiger partial charge on any atom is 0.246 e. The van der Waals surface area contributed by atoms with Crippen LogP contribution < -0.4 is 15.5 Å². The van der Waals surface area contributed by atoms with Crippen molar-refractivity contribution in [1.29, 1.82) is 0 Å². The van der Waals surface area contributed by atoms with E-state index in [1.54, 1.807) is 7.05 Å². The van der Waals surface area contributed by atoms with E-state index in [-0.39, 0.29) is 12.5 Å². The quantitative estimate of drug-likeness (QED) is 0.663. The van der Waals surface area contributed by atoms with Gasteiger partial charge in [-0.3, -0.25) is 9.79 Å². The van der Waals surface area contributed by atoms with Crippen LogP contribution in [0.3, 0.4) is 0 Å². The zero-order valence-electron chi connectivity index (χ0n) is 13.8. The predicted molar refractivity (Wildman–Crippen MR) is 93.9 cm³/mol. The van der Waals surface area contributed by atoms with Crippen molar-refractivity contribution < 1.29 is 4.79 Å². The summed E-state index contributed by atoms with van der Waals surface area (Å²) in [6.07, 6.45) is 7.20. The van der Waals surface area contributed by atoms with Crippen LogP contribution in [0.15, 0.2) is 29.3 Å². The summed E-state index contributed by atoms with van der Waals surface area (Å²) < 4.78 is 0. The van der Waals surface area contributed by atoms with E-state index >= 15 is 0 Å². The third-order valence-electron chi connectivity index (χ3n) is 4.76. The molecular formula is C18H26N4O. The summed E-state index contributed by atoms with van der Waals surface area (Å²) in [5, 5.41) is 6.61. The lowest BCUT2D eigenvalue weighted by atomic mass is 9.96. The lowest BCUT2D eigenvalue weighted by Crippen LogP contribution is -2.47. The number of nitrogens with one attached hydrogen (secondary N) is 2. The molecule has 1 fully saturated rings. The third-order valence-corrected chi connectivity index (χ3v) is 4.76. The van der Waals surface area contributed by atoms with Crippen molar-refractivity contribution >= 4 is 17.6 Å². The van der Waals surface area contributed by atoms with Gasteiger partial charge in [-0.2, -0.15) is 0 Å². The highest BCUT2D eigenvalue weighted by molar-refractivity contribution is 5.98. The highest BCUT2D eigenvalue weighted by Crippen LogP contribution is 2.27. The van der Waals surface area contributed by atoms with E-state index in [2.05, 4.69) is 21.7 Å². The highest BCUT2D eigenvalue weighted by atomic mass is 16.2. The van der Waals surface area contributed by atoms with E-state index in [0.717, 1.165) is 24.6 Å². The van der Waals surface area contributed by atoms with E-state index < -0.39 is 0 Å². The first kappa shape index (κ1) is 15.8. The fraction of sp³-hybridized carbons (Fsp3) is 0.556. The Balaban J connectivity index is 1.52. The average Bonchev–Trinajstić information content (AvgIpc) is 3.03. The standard InChI is InChI=1S/C18H26N4O/c1-19-18(21-15-8-3-2-4-9-15)20-13-17(23)22-12-11-14-7-5-6-10-16(14)22/h5-7,10,15H,2-4,8-9,11-13H2,1H3,(H2,19,20,21). The molecule has 1 heterocycles. The monoisotopic (exact) mass is 314 g/mol. The van der Waals surface area contributed by atoms with Gasteiger partial charge < -0.3 is 15.5 Å². The van der Waals surface area contributed by atoms with Gasteiger partial charge in [-0.05, 0) is 30.9 Å². The van der Waals surface area contributed by atoms with E-state index in [0.29, 0.717) is 6.04 Å². The van der Waals surface area contributed by atoms with Gasteiger partial charge >= 0.3 is 0 Å². The molecule has 1 aliphatic carbocycles. The maximum absolute atomic E-state index is 12.5. The molecule has 0 unspecified atom stereocenters. The molecule has 1 saturated carbocycles.